The van der Waals surface area contributed by atoms with E-state index in [1.807, 2.05) is 0 Å². The van der Waals surface area contributed by atoms with Gasteiger partial charge in [0, 0.05) is 32.6 Å². The van der Waals surface area contributed by atoms with Crippen molar-refractivity contribution in [1.82, 2.24) is 10.2 Å². The van der Waals surface area contributed by atoms with Crippen LogP contribution in [0, 0.1) is 5.92 Å². The minimum absolute atomic E-state index is 0.00965. The largest absolute Gasteiger partial charge is 0.508 e. The van der Waals surface area contributed by atoms with Gasteiger partial charge in [0.1, 0.15) is 17.8 Å². The number of carbonyl (C=O) groups excluding carboxylic acids is 3. The predicted octanol–water partition coefficient (Wildman–Crippen LogP) is 1.93. The molecule has 9 nitrogen and oxygen atoms in total. The quantitative estimate of drug-likeness (QED) is 0.320. The van der Waals surface area contributed by atoms with Crippen LogP contribution in [-0.4, -0.2) is 78.0 Å². The Balaban J connectivity index is 1.70. The highest BCUT2D eigenvalue weighted by atomic mass is 16.5. The number of nitrogens with zero attached hydrogens (tertiary/aromatic N) is 1. The number of aryl methyl sites for hydroxylation is 1. The van der Waals surface area contributed by atoms with Gasteiger partial charge in [-0.15, -0.1) is 0 Å². The molecule has 35 heavy (non-hydrogen) atoms. The maximum atomic E-state index is 13.8. The van der Waals surface area contributed by atoms with Crippen molar-refractivity contribution in [3.63, 3.8) is 0 Å². The third kappa shape index (κ3) is 7.67. The van der Waals surface area contributed by atoms with Gasteiger partial charge in [0.15, 0.2) is 0 Å². The van der Waals surface area contributed by atoms with Crippen LogP contribution in [0.25, 0.3) is 0 Å². The first-order valence-corrected chi connectivity index (χ1v) is 12.6. The van der Waals surface area contributed by atoms with E-state index in [1.165, 1.54) is 12.0 Å². The first-order chi connectivity index (χ1) is 16.9. The summed E-state index contributed by atoms with van der Waals surface area (Å²) in [7, 11) is 1.30. The Kier molecular flexibility index (Phi) is 10.3. The summed E-state index contributed by atoms with van der Waals surface area (Å²) in [6, 6.07) is 5.25. The molecule has 1 saturated heterocycles. The van der Waals surface area contributed by atoms with E-state index >= 15 is 0 Å². The van der Waals surface area contributed by atoms with Crippen molar-refractivity contribution in [2.75, 3.05) is 26.9 Å². The molecule has 1 aromatic rings. The SMILES string of the molecule is COC(=O)C1CC(OCCCO)CN1C(=O)C(NC(=O)CCc1ccc(O)cc1)C1CCCCC1. The zero-order valence-corrected chi connectivity index (χ0v) is 20.5. The fourth-order valence-corrected chi connectivity index (χ4v) is 5.03. The molecule has 2 fully saturated rings. The molecule has 3 rings (SSSR count). The number of rotatable bonds is 11. The number of phenols is 1. The molecule has 2 amide bonds. The fourth-order valence-electron chi connectivity index (χ4n) is 5.03. The van der Waals surface area contributed by atoms with Crippen molar-refractivity contribution in [2.24, 2.45) is 5.92 Å². The summed E-state index contributed by atoms with van der Waals surface area (Å²) < 4.78 is 10.7. The van der Waals surface area contributed by atoms with Crippen LogP contribution >= 0.6 is 0 Å². The molecule has 194 valence electrons. The van der Waals surface area contributed by atoms with Gasteiger partial charge in [0.05, 0.1) is 13.2 Å². The summed E-state index contributed by atoms with van der Waals surface area (Å²) >= 11 is 0. The molecule has 0 radical (unpaired) electrons. The van der Waals surface area contributed by atoms with Crippen molar-refractivity contribution in [1.29, 1.82) is 0 Å². The summed E-state index contributed by atoms with van der Waals surface area (Å²) in [6.07, 6.45) is 6.01. The summed E-state index contributed by atoms with van der Waals surface area (Å²) in [5.74, 6) is -0.787. The van der Waals surface area contributed by atoms with E-state index in [0.29, 0.717) is 25.9 Å². The molecule has 3 N–H and O–H groups in total. The van der Waals surface area contributed by atoms with Crippen LogP contribution in [0.1, 0.15) is 56.9 Å². The highest BCUT2D eigenvalue weighted by molar-refractivity contribution is 5.91. The van der Waals surface area contributed by atoms with Crippen molar-refractivity contribution in [3.05, 3.63) is 29.8 Å². The summed E-state index contributed by atoms with van der Waals surface area (Å²) in [5, 5.41) is 21.4. The Morgan fingerprint density at radius 1 is 1.14 bits per heavy atom. The Morgan fingerprint density at radius 3 is 2.51 bits per heavy atom. The van der Waals surface area contributed by atoms with Crippen molar-refractivity contribution < 1.29 is 34.1 Å². The van der Waals surface area contributed by atoms with E-state index in [-0.39, 0.29) is 49.2 Å². The number of phenolic OH excluding ortho intramolecular Hbond substituents is 1. The van der Waals surface area contributed by atoms with Crippen molar-refractivity contribution in [2.45, 2.75) is 76.0 Å². The van der Waals surface area contributed by atoms with Gasteiger partial charge in [-0.2, -0.15) is 0 Å². The van der Waals surface area contributed by atoms with Gasteiger partial charge in [-0.3, -0.25) is 9.59 Å². The number of likely N-dealkylation sites (tertiary alicyclic amines) is 1. The van der Waals surface area contributed by atoms with E-state index in [2.05, 4.69) is 5.32 Å². The lowest BCUT2D eigenvalue weighted by molar-refractivity contribution is -0.152. The molecule has 1 aliphatic carbocycles. The molecule has 0 spiro atoms. The number of aromatic hydroxyl groups is 1. The van der Waals surface area contributed by atoms with Crippen LogP contribution in [0.5, 0.6) is 5.75 Å². The number of aliphatic hydroxyl groups excluding tert-OH is 1. The topological polar surface area (TPSA) is 125 Å². The van der Waals surface area contributed by atoms with Crippen LogP contribution in [0.4, 0.5) is 0 Å². The van der Waals surface area contributed by atoms with Crippen molar-refractivity contribution >= 4 is 17.8 Å². The van der Waals surface area contributed by atoms with Crippen LogP contribution < -0.4 is 5.32 Å². The normalized spacial score (nSPS) is 21.5. The standard InChI is InChI=1S/C26H38N2O7/c1-34-26(33)22-16-21(35-15-5-14-29)17-28(22)25(32)24(19-6-3-2-4-7-19)27-23(31)13-10-18-8-11-20(30)12-9-18/h8-9,11-12,19,21-22,24,29-30H,2-7,10,13-17H2,1H3,(H,27,31). The molecule has 0 bridgehead atoms. The first kappa shape index (κ1) is 26.9. The lowest BCUT2D eigenvalue weighted by Crippen LogP contribution is -2.55. The zero-order chi connectivity index (χ0) is 25.2. The Bertz CT molecular complexity index is 839. The molecule has 0 aromatic heterocycles. The fraction of sp³-hybridized carbons (Fsp3) is 0.654. The monoisotopic (exact) mass is 490 g/mol. The second kappa shape index (κ2) is 13.4. The van der Waals surface area contributed by atoms with E-state index in [0.717, 1.165) is 37.7 Å². The van der Waals surface area contributed by atoms with Gasteiger partial charge in [-0.05, 0) is 49.3 Å². The second-order valence-electron chi connectivity index (χ2n) is 9.44. The van der Waals surface area contributed by atoms with Gasteiger partial charge in [-0.25, -0.2) is 4.79 Å². The maximum Gasteiger partial charge on any atom is 0.328 e. The Morgan fingerprint density at radius 2 is 1.86 bits per heavy atom. The molecular formula is C26H38N2O7. The van der Waals surface area contributed by atoms with E-state index < -0.39 is 18.1 Å². The first-order valence-electron chi connectivity index (χ1n) is 12.6. The summed E-state index contributed by atoms with van der Waals surface area (Å²) in [6.45, 7) is 0.601. The highest BCUT2D eigenvalue weighted by Gasteiger charge is 2.44. The van der Waals surface area contributed by atoms with Crippen LogP contribution in [0.2, 0.25) is 0 Å². The number of ether oxygens (including phenoxy) is 2. The third-order valence-corrected chi connectivity index (χ3v) is 6.96. The Hall–Kier alpha value is -2.65. The molecule has 1 saturated carbocycles. The van der Waals surface area contributed by atoms with Crippen LogP contribution in [-0.2, 0) is 30.3 Å². The van der Waals surface area contributed by atoms with Gasteiger partial charge >= 0.3 is 5.97 Å². The number of esters is 1. The second-order valence-corrected chi connectivity index (χ2v) is 9.44. The minimum atomic E-state index is -0.758. The van der Waals surface area contributed by atoms with Gasteiger partial charge < -0.3 is 29.9 Å². The highest BCUT2D eigenvalue weighted by Crippen LogP contribution is 2.30. The Labute approximate surface area is 206 Å². The van der Waals surface area contributed by atoms with Gasteiger partial charge in [0.2, 0.25) is 11.8 Å². The van der Waals surface area contributed by atoms with Crippen LogP contribution in [0.15, 0.2) is 24.3 Å². The maximum absolute atomic E-state index is 13.8. The minimum Gasteiger partial charge on any atom is -0.508 e. The molecule has 1 heterocycles. The molecular weight excluding hydrogens is 452 g/mol. The smallest absolute Gasteiger partial charge is 0.328 e. The van der Waals surface area contributed by atoms with Crippen molar-refractivity contribution in [3.8, 4) is 5.75 Å². The number of carbonyl (C=O) groups is 3. The zero-order valence-electron chi connectivity index (χ0n) is 20.5. The molecule has 3 unspecified atom stereocenters. The molecule has 2 aliphatic rings. The average Bonchev–Trinajstić information content (AvgIpc) is 3.31. The number of hydrogen-bond acceptors (Lipinski definition) is 7. The predicted molar refractivity (Wildman–Crippen MR) is 129 cm³/mol. The van der Waals surface area contributed by atoms with E-state index in [9.17, 15) is 19.5 Å². The number of hydrogen-bond donors (Lipinski definition) is 3. The number of aliphatic hydroxyl groups is 1. The molecule has 3 atom stereocenters. The number of amides is 2. The number of benzene rings is 1. The molecule has 1 aliphatic heterocycles. The van der Waals surface area contributed by atoms with Gasteiger partial charge in [0.25, 0.3) is 0 Å². The molecule has 9 heteroatoms. The lowest BCUT2D eigenvalue weighted by Gasteiger charge is -2.34. The summed E-state index contributed by atoms with van der Waals surface area (Å²) in [5.41, 5.74) is 0.923. The average molecular weight is 491 g/mol. The van der Waals surface area contributed by atoms with E-state index in [1.54, 1.807) is 24.3 Å². The number of nitrogens with one attached hydrogen (secondary N) is 1. The number of methoxy groups -OCH3 is 1. The van der Waals surface area contributed by atoms with E-state index in [4.69, 9.17) is 14.6 Å². The molecule has 1 aromatic carbocycles. The lowest BCUT2D eigenvalue weighted by atomic mass is 9.83. The summed E-state index contributed by atoms with van der Waals surface area (Å²) in [4.78, 5) is 40.7. The van der Waals surface area contributed by atoms with Crippen LogP contribution in [0.3, 0.4) is 0 Å². The third-order valence-electron chi connectivity index (χ3n) is 6.96. The van der Waals surface area contributed by atoms with Gasteiger partial charge in [-0.1, -0.05) is 31.4 Å².